The quantitative estimate of drug-likeness (QED) is 0.334. The fraction of sp³-hybridized carbons (Fsp3) is 0.424. The van der Waals surface area contributed by atoms with E-state index in [1.165, 1.54) is 0 Å². The maximum absolute atomic E-state index is 14.4. The normalized spacial score (nSPS) is 27.2. The van der Waals surface area contributed by atoms with Gasteiger partial charge in [-0.3, -0.25) is 14.4 Å². The van der Waals surface area contributed by atoms with Crippen LogP contribution in [0.25, 0.3) is 0 Å². The number of halogens is 3. The zero-order valence-corrected chi connectivity index (χ0v) is 27.7. The molecule has 0 bridgehead atoms. The van der Waals surface area contributed by atoms with Gasteiger partial charge in [0.1, 0.15) is 17.3 Å². The van der Waals surface area contributed by atoms with Gasteiger partial charge in [0.2, 0.25) is 17.7 Å². The third-order valence-electron chi connectivity index (χ3n) is 9.21. The number of piperidine rings is 2. The maximum Gasteiger partial charge on any atom is 0.237 e. The van der Waals surface area contributed by atoms with E-state index in [0.717, 1.165) is 14.7 Å². The van der Waals surface area contributed by atoms with Gasteiger partial charge in [-0.25, -0.2) is 0 Å². The summed E-state index contributed by atoms with van der Waals surface area (Å²) in [5.74, 6) is -0.0593. The van der Waals surface area contributed by atoms with Crippen molar-refractivity contribution in [3.8, 4) is 5.75 Å². The van der Waals surface area contributed by atoms with Crippen LogP contribution in [0.2, 0.25) is 5.02 Å². The van der Waals surface area contributed by atoms with Crippen molar-refractivity contribution >= 4 is 69.2 Å². The van der Waals surface area contributed by atoms with Crippen molar-refractivity contribution in [1.29, 1.82) is 0 Å². The second-order valence-corrected chi connectivity index (χ2v) is 14.3. The monoisotopic (exact) mass is 733 g/mol. The number of ether oxygens (including phenoxy) is 1. The van der Waals surface area contributed by atoms with E-state index in [1.54, 1.807) is 12.1 Å². The van der Waals surface area contributed by atoms with Crippen LogP contribution in [0.5, 0.6) is 5.75 Å². The van der Waals surface area contributed by atoms with Gasteiger partial charge in [-0.05, 0) is 82.8 Å². The van der Waals surface area contributed by atoms with E-state index >= 15 is 0 Å². The Labute approximate surface area is 275 Å². The number of hydrogen-bond donors (Lipinski definition) is 2. The molecule has 1 unspecified atom stereocenters. The Morgan fingerprint density at radius 3 is 2.58 bits per heavy atom. The molecule has 3 amide bonds. The third kappa shape index (κ3) is 5.59. The minimum Gasteiger partial charge on any atom is -0.490 e. The number of nitrogens with one attached hydrogen (secondary N) is 2. The molecule has 10 heteroatoms. The summed E-state index contributed by atoms with van der Waals surface area (Å²) in [6, 6.07) is 10.7. The summed E-state index contributed by atoms with van der Waals surface area (Å²) in [6.45, 7) is 5.10. The number of rotatable bonds is 5. The fourth-order valence-electron chi connectivity index (χ4n) is 7.24. The minimum absolute atomic E-state index is 0.0426. The van der Waals surface area contributed by atoms with E-state index in [4.69, 9.17) is 27.9 Å². The van der Waals surface area contributed by atoms with Gasteiger partial charge in [0.25, 0.3) is 0 Å². The van der Waals surface area contributed by atoms with Crippen LogP contribution < -0.4 is 15.4 Å². The topological polar surface area (TPSA) is 87.7 Å². The lowest BCUT2D eigenvalue weighted by Crippen LogP contribution is -2.59. The van der Waals surface area contributed by atoms with Crippen molar-refractivity contribution in [3.05, 3.63) is 79.4 Å². The number of anilines is 1. The van der Waals surface area contributed by atoms with Crippen molar-refractivity contribution in [2.24, 2.45) is 17.8 Å². The molecule has 2 fully saturated rings. The molecule has 0 aromatic heterocycles. The average Bonchev–Trinajstić information content (AvgIpc) is 3.25. The molecule has 0 radical (unpaired) electrons. The van der Waals surface area contributed by atoms with Crippen LogP contribution in [0, 0.1) is 21.3 Å². The van der Waals surface area contributed by atoms with Crippen LogP contribution in [-0.4, -0.2) is 41.8 Å². The lowest BCUT2D eigenvalue weighted by atomic mass is 9.57. The van der Waals surface area contributed by atoms with Crippen molar-refractivity contribution < 1.29 is 19.1 Å². The summed E-state index contributed by atoms with van der Waals surface area (Å²) in [4.78, 5) is 42.4. The van der Waals surface area contributed by atoms with Crippen LogP contribution in [0.1, 0.15) is 56.7 Å². The number of amides is 3. The zero-order valence-electron chi connectivity index (χ0n) is 24.0. The van der Waals surface area contributed by atoms with Crippen LogP contribution in [0.15, 0.2) is 59.7 Å². The van der Waals surface area contributed by atoms with Crippen molar-refractivity contribution in [2.75, 3.05) is 18.4 Å². The summed E-state index contributed by atoms with van der Waals surface area (Å²) in [6.07, 6.45) is 7.86. The van der Waals surface area contributed by atoms with Gasteiger partial charge >= 0.3 is 0 Å². The van der Waals surface area contributed by atoms with Crippen molar-refractivity contribution in [1.82, 2.24) is 10.2 Å². The Kier molecular flexibility index (Phi) is 8.56. The molecule has 2 saturated heterocycles. The largest absolute Gasteiger partial charge is 0.490 e. The first-order chi connectivity index (χ1) is 20.6. The Hall–Kier alpha value is -2.56. The summed E-state index contributed by atoms with van der Waals surface area (Å²) in [7, 11) is 0. The molecule has 3 heterocycles. The molecule has 226 valence electrons. The highest BCUT2D eigenvalue weighted by Gasteiger charge is 2.62. The number of likely N-dealkylation sites (tertiary alicyclic amines) is 1. The zero-order chi connectivity index (χ0) is 30.5. The summed E-state index contributed by atoms with van der Waals surface area (Å²) >= 11 is 15.2. The Balaban J connectivity index is 1.43. The SMILES string of the molecule is CC(C)C(=O)N1CCC(Oc2ccc(I)cc2[C@@H]2NC(=O)C[C@@H](C3C=CC=C(Cl)C3)[C@]23C(=O)Nc2cc(Cl)ccc23)CC1. The Morgan fingerprint density at radius 2 is 1.86 bits per heavy atom. The number of fused-ring (bicyclic) bond motifs is 2. The van der Waals surface area contributed by atoms with Crippen LogP contribution >= 0.6 is 45.8 Å². The van der Waals surface area contributed by atoms with Crippen LogP contribution in [0.4, 0.5) is 5.69 Å². The molecule has 4 atom stereocenters. The predicted octanol–water partition coefficient (Wildman–Crippen LogP) is 6.74. The van der Waals surface area contributed by atoms with E-state index in [0.29, 0.717) is 53.8 Å². The Bertz CT molecular complexity index is 1530. The summed E-state index contributed by atoms with van der Waals surface area (Å²) in [5, 5.41) is 7.55. The van der Waals surface area contributed by atoms with Gasteiger partial charge < -0.3 is 20.3 Å². The lowest BCUT2D eigenvalue weighted by molar-refractivity contribution is -0.136. The van der Waals surface area contributed by atoms with Crippen LogP contribution in [-0.2, 0) is 19.8 Å². The van der Waals surface area contributed by atoms with Gasteiger partial charge in [0.15, 0.2) is 0 Å². The molecule has 2 aromatic rings. The number of allylic oxidation sites excluding steroid dienone is 4. The molecule has 2 N–H and O–H groups in total. The lowest BCUT2D eigenvalue weighted by Gasteiger charge is -2.49. The second kappa shape index (κ2) is 12.1. The molecule has 1 aliphatic carbocycles. The van der Waals surface area contributed by atoms with Crippen molar-refractivity contribution in [2.45, 2.75) is 57.1 Å². The van der Waals surface area contributed by atoms with Crippen LogP contribution in [0.3, 0.4) is 0 Å². The highest BCUT2D eigenvalue weighted by molar-refractivity contribution is 14.1. The van der Waals surface area contributed by atoms with Gasteiger partial charge in [-0.2, -0.15) is 0 Å². The van der Waals surface area contributed by atoms with E-state index < -0.39 is 11.5 Å². The first-order valence-electron chi connectivity index (χ1n) is 14.8. The summed E-state index contributed by atoms with van der Waals surface area (Å²) in [5.41, 5.74) is 1.08. The molecule has 43 heavy (non-hydrogen) atoms. The fourth-order valence-corrected chi connectivity index (χ4v) is 8.17. The maximum atomic E-state index is 14.4. The second-order valence-electron chi connectivity index (χ2n) is 12.2. The number of carbonyl (C=O) groups excluding carboxylic acids is 3. The first kappa shape index (κ1) is 30.5. The van der Waals surface area contributed by atoms with Gasteiger partial charge in [0.05, 0.1) is 6.04 Å². The third-order valence-corrected chi connectivity index (χ3v) is 10.4. The van der Waals surface area contributed by atoms with E-state index in [1.807, 2.05) is 55.2 Å². The molecule has 1 spiro atoms. The van der Waals surface area contributed by atoms with E-state index in [9.17, 15) is 14.4 Å². The highest BCUT2D eigenvalue weighted by atomic mass is 127. The number of nitrogens with zero attached hydrogens (tertiary/aromatic N) is 1. The van der Waals surface area contributed by atoms with E-state index in [2.05, 4.69) is 39.3 Å². The molecule has 7 nitrogen and oxygen atoms in total. The molecule has 0 saturated carbocycles. The van der Waals surface area contributed by atoms with Gasteiger partial charge in [0, 0.05) is 63.1 Å². The predicted molar refractivity (Wildman–Crippen MR) is 176 cm³/mol. The molecule has 4 aliphatic rings. The molecular weight excluding hydrogens is 700 g/mol. The number of hydrogen-bond acceptors (Lipinski definition) is 4. The molecule has 2 aromatic carbocycles. The molecule has 6 rings (SSSR count). The average molecular weight is 734 g/mol. The number of carbonyl (C=O) groups is 3. The Morgan fingerprint density at radius 1 is 1.09 bits per heavy atom. The first-order valence-corrected chi connectivity index (χ1v) is 16.6. The van der Waals surface area contributed by atoms with Gasteiger partial charge in [-0.15, -0.1) is 0 Å². The summed E-state index contributed by atoms with van der Waals surface area (Å²) < 4.78 is 7.63. The standard InChI is InChI=1S/C33H34Cl2IN3O4/c1-18(2)31(41)39-12-10-23(11-13-39)43-28-9-7-22(36)16-24(28)30-33(25-8-6-21(35)15-27(25)37-32(33)42)26(17-29(40)38-30)19-4-3-5-20(34)14-19/h3-9,15-16,18-19,23,26,30H,10-14,17H2,1-2H3,(H,37,42)(H,38,40)/t19?,26-,30-,33-/m0/s1. The van der Waals surface area contributed by atoms with Gasteiger partial charge in [-0.1, -0.05) is 55.3 Å². The highest BCUT2D eigenvalue weighted by Crippen LogP contribution is 2.58. The smallest absolute Gasteiger partial charge is 0.237 e. The van der Waals surface area contributed by atoms with Crippen molar-refractivity contribution in [3.63, 3.8) is 0 Å². The number of benzene rings is 2. The molecule has 3 aliphatic heterocycles. The minimum atomic E-state index is -1.13. The molecular formula is C33H34Cl2IN3O4. The van der Waals surface area contributed by atoms with E-state index in [-0.39, 0.29) is 48.0 Å².